The van der Waals surface area contributed by atoms with Crippen LogP contribution in [0.1, 0.15) is 31.9 Å². The van der Waals surface area contributed by atoms with Gasteiger partial charge in [-0.15, -0.1) is 5.10 Å². The number of anilines is 1. The van der Waals surface area contributed by atoms with Crippen molar-refractivity contribution in [3.8, 4) is 0 Å². The second kappa shape index (κ2) is 10.9. The van der Waals surface area contributed by atoms with Crippen molar-refractivity contribution in [1.29, 1.82) is 0 Å². The molecule has 0 bridgehead atoms. The van der Waals surface area contributed by atoms with Crippen LogP contribution in [0.4, 0.5) is 10.1 Å². The SMILES string of the molecule is CC(C)CCNC(=O)C(c1ccncc1)N(C(=O)Cn1nnc2ccccc21)c1ccc(F)cc1. The van der Waals surface area contributed by atoms with Crippen molar-refractivity contribution >= 4 is 28.5 Å². The molecular formula is C26H27FN6O2. The van der Waals surface area contributed by atoms with E-state index in [-0.39, 0.29) is 12.5 Å². The highest BCUT2D eigenvalue weighted by atomic mass is 19.1. The van der Waals surface area contributed by atoms with Gasteiger partial charge in [0.2, 0.25) is 11.8 Å². The number of hydrogen-bond acceptors (Lipinski definition) is 5. The number of benzene rings is 2. The molecule has 0 radical (unpaired) electrons. The van der Waals surface area contributed by atoms with Crippen LogP contribution in [0.2, 0.25) is 0 Å². The highest BCUT2D eigenvalue weighted by molar-refractivity contribution is 6.01. The second-order valence-corrected chi connectivity index (χ2v) is 8.63. The topological polar surface area (TPSA) is 93.0 Å². The van der Waals surface area contributed by atoms with Crippen molar-refractivity contribution in [3.63, 3.8) is 0 Å². The summed E-state index contributed by atoms with van der Waals surface area (Å²) in [7, 11) is 0. The zero-order chi connectivity index (χ0) is 24.8. The van der Waals surface area contributed by atoms with Crippen LogP contribution in [-0.4, -0.2) is 38.3 Å². The van der Waals surface area contributed by atoms with Crippen LogP contribution < -0.4 is 10.2 Å². The molecule has 2 aromatic heterocycles. The molecule has 0 fully saturated rings. The molecule has 1 N–H and O–H groups in total. The molecule has 2 amide bonds. The maximum atomic E-state index is 13.8. The van der Waals surface area contributed by atoms with E-state index in [2.05, 4.69) is 34.5 Å². The summed E-state index contributed by atoms with van der Waals surface area (Å²) < 4.78 is 15.2. The number of para-hydroxylation sites is 1. The number of carbonyl (C=O) groups is 2. The third-order valence-electron chi connectivity index (χ3n) is 5.63. The van der Waals surface area contributed by atoms with E-state index < -0.39 is 17.8 Å². The Morgan fingerprint density at radius 3 is 2.46 bits per heavy atom. The summed E-state index contributed by atoms with van der Waals surface area (Å²) in [6.45, 7) is 4.46. The zero-order valence-corrected chi connectivity index (χ0v) is 19.6. The van der Waals surface area contributed by atoms with Crippen LogP contribution in [0.5, 0.6) is 0 Å². The fourth-order valence-corrected chi connectivity index (χ4v) is 3.82. The average molecular weight is 475 g/mol. The number of hydrogen-bond donors (Lipinski definition) is 1. The molecule has 2 aromatic carbocycles. The molecule has 0 spiro atoms. The van der Waals surface area contributed by atoms with E-state index in [1.807, 2.05) is 24.3 Å². The highest BCUT2D eigenvalue weighted by Crippen LogP contribution is 2.29. The van der Waals surface area contributed by atoms with Crippen LogP contribution >= 0.6 is 0 Å². The summed E-state index contributed by atoms with van der Waals surface area (Å²) in [5, 5.41) is 11.2. The zero-order valence-electron chi connectivity index (χ0n) is 19.6. The Morgan fingerprint density at radius 2 is 1.74 bits per heavy atom. The summed E-state index contributed by atoms with van der Waals surface area (Å²) >= 11 is 0. The van der Waals surface area contributed by atoms with Gasteiger partial charge in [0.25, 0.3) is 0 Å². The van der Waals surface area contributed by atoms with Gasteiger partial charge in [0.05, 0.1) is 5.52 Å². The van der Waals surface area contributed by atoms with E-state index in [0.717, 1.165) is 6.42 Å². The van der Waals surface area contributed by atoms with E-state index in [1.165, 1.54) is 33.8 Å². The van der Waals surface area contributed by atoms with E-state index in [1.54, 1.807) is 24.5 Å². The number of halogens is 1. The third kappa shape index (κ3) is 5.68. The maximum Gasteiger partial charge on any atom is 0.249 e. The second-order valence-electron chi connectivity index (χ2n) is 8.63. The van der Waals surface area contributed by atoms with Gasteiger partial charge in [-0.1, -0.05) is 31.2 Å². The van der Waals surface area contributed by atoms with Crippen molar-refractivity contribution in [2.45, 2.75) is 32.9 Å². The predicted octanol–water partition coefficient (Wildman–Crippen LogP) is 3.90. The largest absolute Gasteiger partial charge is 0.354 e. The molecule has 0 aliphatic carbocycles. The molecule has 0 aliphatic rings. The van der Waals surface area contributed by atoms with Gasteiger partial charge in [-0.25, -0.2) is 9.07 Å². The molecule has 8 nitrogen and oxygen atoms in total. The van der Waals surface area contributed by atoms with Gasteiger partial charge in [0, 0.05) is 24.6 Å². The van der Waals surface area contributed by atoms with Gasteiger partial charge >= 0.3 is 0 Å². The minimum absolute atomic E-state index is 0.154. The molecular weight excluding hydrogens is 447 g/mol. The normalized spacial score (nSPS) is 12.0. The van der Waals surface area contributed by atoms with Gasteiger partial charge < -0.3 is 5.32 Å². The number of aromatic nitrogens is 4. The number of amides is 2. The van der Waals surface area contributed by atoms with E-state index in [9.17, 15) is 14.0 Å². The average Bonchev–Trinajstić information content (AvgIpc) is 3.26. The lowest BCUT2D eigenvalue weighted by Gasteiger charge is -2.31. The molecule has 0 saturated carbocycles. The quantitative estimate of drug-likeness (QED) is 0.397. The van der Waals surface area contributed by atoms with Crippen molar-refractivity contribution < 1.29 is 14.0 Å². The fraction of sp³-hybridized carbons (Fsp3) is 0.269. The number of fused-ring (bicyclic) bond motifs is 1. The minimum Gasteiger partial charge on any atom is -0.354 e. The molecule has 2 heterocycles. The lowest BCUT2D eigenvalue weighted by Crippen LogP contribution is -2.45. The van der Waals surface area contributed by atoms with Crippen molar-refractivity contribution in [2.75, 3.05) is 11.4 Å². The molecule has 35 heavy (non-hydrogen) atoms. The van der Waals surface area contributed by atoms with Crippen LogP contribution in [0, 0.1) is 11.7 Å². The highest BCUT2D eigenvalue weighted by Gasteiger charge is 2.33. The molecule has 1 atom stereocenters. The first-order valence-electron chi connectivity index (χ1n) is 11.5. The Morgan fingerprint density at radius 1 is 1.03 bits per heavy atom. The maximum absolute atomic E-state index is 13.8. The predicted molar refractivity (Wildman–Crippen MR) is 131 cm³/mol. The lowest BCUT2D eigenvalue weighted by atomic mass is 10.0. The molecule has 9 heteroatoms. The summed E-state index contributed by atoms with van der Waals surface area (Å²) in [4.78, 5) is 32.7. The first kappa shape index (κ1) is 24.0. The molecule has 1 unspecified atom stereocenters. The standard InChI is InChI=1S/C26H27FN6O2/c1-18(2)11-16-29-26(35)25(19-12-14-28-15-13-19)33(21-9-7-20(27)8-10-21)24(34)17-32-23-6-4-3-5-22(23)30-31-32/h3-10,12-15,18,25H,11,16-17H2,1-2H3,(H,29,35). The van der Waals surface area contributed by atoms with Gasteiger partial charge in [-0.3, -0.25) is 19.5 Å². The lowest BCUT2D eigenvalue weighted by molar-refractivity contribution is -0.127. The minimum atomic E-state index is -0.988. The van der Waals surface area contributed by atoms with Gasteiger partial charge in [-0.05, 0) is 66.4 Å². The Bertz CT molecular complexity index is 1290. The smallest absolute Gasteiger partial charge is 0.249 e. The number of pyridine rings is 1. The number of carbonyl (C=O) groups excluding carboxylic acids is 2. The van der Waals surface area contributed by atoms with Crippen molar-refractivity contribution in [3.05, 3.63) is 84.4 Å². The first-order valence-corrected chi connectivity index (χ1v) is 11.5. The van der Waals surface area contributed by atoms with Gasteiger partial charge in [0.15, 0.2) is 0 Å². The summed E-state index contributed by atoms with van der Waals surface area (Å²) in [5.41, 5.74) is 2.33. The van der Waals surface area contributed by atoms with E-state index in [0.29, 0.717) is 34.7 Å². The van der Waals surface area contributed by atoms with Crippen LogP contribution in [-0.2, 0) is 16.1 Å². The molecule has 0 saturated heterocycles. The molecule has 0 aliphatic heterocycles. The third-order valence-corrected chi connectivity index (χ3v) is 5.63. The number of nitrogens with one attached hydrogen (secondary N) is 1. The Balaban J connectivity index is 1.73. The van der Waals surface area contributed by atoms with Crippen LogP contribution in [0.25, 0.3) is 11.0 Å². The molecule has 4 rings (SSSR count). The first-order chi connectivity index (χ1) is 16.9. The fourth-order valence-electron chi connectivity index (χ4n) is 3.82. The van der Waals surface area contributed by atoms with E-state index in [4.69, 9.17) is 0 Å². The Kier molecular flexibility index (Phi) is 7.45. The monoisotopic (exact) mass is 474 g/mol. The summed E-state index contributed by atoms with van der Waals surface area (Å²) in [6, 6.07) is 15.2. The van der Waals surface area contributed by atoms with Crippen LogP contribution in [0.3, 0.4) is 0 Å². The number of rotatable bonds is 9. The van der Waals surface area contributed by atoms with Crippen LogP contribution in [0.15, 0.2) is 73.1 Å². The van der Waals surface area contributed by atoms with Crippen molar-refractivity contribution in [2.24, 2.45) is 5.92 Å². The van der Waals surface area contributed by atoms with Gasteiger partial charge in [0.1, 0.15) is 23.9 Å². The summed E-state index contributed by atoms with van der Waals surface area (Å²) in [5.74, 6) is -0.763. The Labute approximate surface area is 202 Å². The number of nitrogens with zero attached hydrogens (tertiary/aromatic N) is 5. The Hall–Kier alpha value is -4.14. The van der Waals surface area contributed by atoms with Crippen molar-refractivity contribution in [1.82, 2.24) is 25.3 Å². The molecule has 4 aromatic rings. The van der Waals surface area contributed by atoms with E-state index >= 15 is 0 Å². The van der Waals surface area contributed by atoms with Gasteiger partial charge in [-0.2, -0.15) is 0 Å². The molecule has 180 valence electrons. The summed E-state index contributed by atoms with van der Waals surface area (Å²) in [6.07, 6.45) is 3.94.